The predicted molar refractivity (Wildman–Crippen MR) is 96.8 cm³/mol. The molecule has 7 nitrogen and oxygen atoms in total. The van der Waals surface area contributed by atoms with E-state index in [-0.39, 0.29) is 6.42 Å². The first kappa shape index (κ1) is 17.9. The van der Waals surface area contributed by atoms with E-state index in [0.717, 1.165) is 10.1 Å². The molecular formula is C18H17N2O5S-. The van der Waals surface area contributed by atoms with Gasteiger partial charge in [-0.1, -0.05) is 13.0 Å². The predicted octanol–water partition coefficient (Wildman–Crippen LogP) is 1.84. The maximum absolute atomic E-state index is 12.9. The number of hydrogen-bond donors (Lipinski definition) is 0. The second-order valence-corrected chi connectivity index (χ2v) is 6.46. The molecule has 0 fully saturated rings. The van der Waals surface area contributed by atoms with Gasteiger partial charge in [-0.05, 0) is 24.1 Å². The number of benzene rings is 1. The van der Waals surface area contributed by atoms with Crippen LogP contribution in [0.2, 0.25) is 0 Å². The van der Waals surface area contributed by atoms with Crippen LogP contribution in [0.4, 0.5) is 0 Å². The van der Waals surface area contributed by atoms with E-state index in [1.165, 1.54) is 24.8 Å². The van der Waals surface area contributed by atoms with E-state index < -0.39 is 17.6 Å². The Hall–Kier alpha value is -2.87. The molecule has 1 unspecified atom stereocenters. The van der Waals surface area contributed by atoms with Gasteiger partial charge in [-0.25, -0.2) is 4.98 Å². The summed E-state index contributed by atoms with van der Waals surface area (Å²) in [6.07, 6.45) is 1.49. The van der Waals surface area contributed by atoms with E-state index in [1.807, 2.05) is 11.4 Å². The summed E-state index contributed by atoms with van der Waals surface area (Å²) in [6, 6.07) is 4.28. The summed E-state index contributed by atoms with van der Waals surface area (Å²) < 4.78 is 11.7. The molecule has 2 heterocycles. The Balaban J connectivity index is 2.22. The van der Waals surface area contributed by atoms with Gasteiger partial charge in [0, 0.05) is 10.9 Å². The number of hydrogen-bond acceptors (Lipinski definition) is 7. The third-order valence-corrected chi connectivity index (χ3v) is 5.09. The Labute approximate surface area is 153 Å². The second-order valence-electron chi connectivity index (χ2n) is 5.60. The van der Waals surface area contributed by atoms with Crippen molar-refractivity contribution in [3.05, 3.63) is 40.3 Å². The zero-order valence-corrected chi connectivity index (χ0v) is 15.3. The number of ether oxygens (including phenoxy) is 2. The molecule has 0 radical (unpaired) electrons. The summed E-state index contributed by atoms with van der Waals surface area (Å²) in [5.41, 5.74) is 1.02. The van der Waals surface area contributed by atoms with Crippen molar-refractivity contribution in [2.75, 3.05) is 14.2 Å². The van der Waals surface area contributed by atoms with Gasteiger partial charge >= 0.3 is 0 Å². The Morgan fingerprint density at radius 3 is 2.65 bits per heavy atom. The average molecular weight is 373 g/mol. The summed E-state index contributed by atoms with van der Waals surface area (Å²) in [7, 11) is 3.08. The van der Waals surface area contributed by atoms with Crippen LogP contribution in [0.25, 0.3) is 21.3 Å². The lowest BCUT2D eigenvalue weighted by atomic mass is 10.1. The lowest BCUT2D eigenvalue weighted by molar-refractivity contribution is -0.310. The smallest absolute Gasteiger partial charge is 0.263 e. The first-order valence-corrected chi connectivity index (χ1v) is 8.81. The first-order valence-electron chi connectivity index (χ1n) is 7.93. The summed E-state index contributed by atoms with van der Waals surface area (Å²) in [5.74, 6) is -0.192. The van der Waals surface area contributed by atoms with Crippen LogP contribution in [0.5, 0.6) is 11.5 Å². The van der Waals surface area contributed by atoms with Gasteiger partial charge in [-0.2, -0.15) is 0 Å². The molecule has 1 aromatic carbocycles. The fourth-order valence-corrected chi connectivity index (χ4v) is 3.77. The minimum atomic E-state index is -1.31. The molecule has 3 aromatic rings. The molecule has 0 aliphatic rings. The monoisotopic (exact) mass is 373 g/mol. The second kappa shape index (κ2) is 7.17. The van der Waals surface area contributed by atoms with Crippen molar-refractivity contribution in [1.82, 2.24) is 9.55 Å². The molecule has 0 amide bonds. The molecule has 0 N–H and O–H groups in total. The van der Waals surface area contributed by atoms with E-state index in [9.17, 15) is 14.7 Å². The van der Waals surface area contributed by atoms with Crippen molar-refractivity contribution in [3.8, 4) is 22.6 Å². The van der Waals surface area contributed by atoms with Crippen molar-refractivity contribution >= 4 is 27.5 Å². The van der Waals surface area contributed by atoms with E-state index in [0.29, 0.717) is 27.3 Å². The highest BCUT2D eigenvalue weighted by Crippen LogP contribution is 2.36. The van der Waals surface area contributed by atoms with E-state index in [1.54, 1.807) is 26.2 Å². The summed E-state index contributed by atoms with van der Waals surface area (Å²) in [4.78, 5) is 29.1. The van der Waals surface area contributed by atoms with E-state index in [4.69, 9.17) is 9.47 Å². The van der Waals surface area contributed by atoms with Gasteiger partial charge in [-0.3, -0.25) is 9.36 Å². The minimum Gasteiger partial charge on any atom is -0.548 e. The van der Waals surface area contributed by atoms with Crippen molar-refractivity contribution in [2.45, 2.75) is 19.4 Å². The number of nitrogens with zero attached hydrogens (tertiary/aromatic N) is 2. The van der Waals surface area contributed by atoms with Crippen molar-refractivity contribution in [3.63, 3.8) is 0 Å². The number of carbonyl (C=O) groups is 1. The molecule has 0 aliphatic carbocycles. The number of fused-ring (bicyclic) bond motifs is 1. The van der Waals surface area contributed by atoms with Crippen LogP contribution in [0.15, 0.2) is 34.7 Å². The highest BCUT2D eigenvalue weighted by atomic mass is 32.1. The lowest BCUT2D eigenvalue weighted by Crippen LogP contribution is -2.37. The Kier molecular flexibility index (Phi) is 4.94. The molecule has 0 aliphatic heterocycles. The van der Waals surface area contributed by atoms with Gasteiger partial charge in [-0.15, -0.1) is 11.3 Å². The topological polar surface area (TPSA) is 93.5 Å². The molecular weight excluding hydrogens is 356 g/mol. The highest BCUT2D eigenvalue weighted by molar-refractivity contribution is 7.17. The van der Waals surface area contributed by atoms with E-state index in [2.05, 4.69) is 4.98 Å². The zero-order chi connectivity index (χ0) is 18.8. The van der Waals surface area contributed by atoms with Gasteiger partial charge in [0.1, 0.15) is 4.83 Å². The molecule has 0 saturated carbocycles. The molecule has 2 aromatic heterocycles. The largest absolute Gasteiger partial charge is 0.548 e. The van der Waals surface area contributed by atoms with Crippen LogP contribution >= 0.6 is 11.3 Å². The van der Waals surface area contributed by atoms with Crippen molar-refractivity contribution < 1.29 is 19.4 Å². The summed E-state index contributed by atoms with van der Waals surface area (Å²) in [6.45, 7) is 1.68. The van der Waals surface area contributed by atoms with Crippen LogP contribution in [0.3, 0.4) is 0 Å². The highest BCUT2D eigenvalue weighted by Gasteiger charge is 2.18. The van der Waals surface area contributed by atoms with Gasteiger partial charge in [0.25, 0.3) is 5.56 Å². The molecule has 0 bridgehead atoms. The normalized spacial score (nSPS) is 12.1. The van der Waals surface area contributed by atoms with Crippen LogP contribution in [-0.4, -0.2) is 29.7 Å². The van der Waals surface area contributed by atoms with E-state index >= 15 is 0 Å². The van der Waals surface area contributed by atoms with Crippen LogP contribution in [-0.2, 0) is 4.79 Å². The first-order chi connectivity index (χ1) is 12.5. The number of carboxylic acids is 1. The molecule has 3 rings (SSSR count). The third-order valence-electron chi connectivity index (χ3n) is 4.21. The number of methoxy groups -OCH3 is 2. The number of carboxylic acid groups (broad SMARTS) is 1. The van der Waals surface area contributed by atoms with Crippen molar-refractivity contribution in [2.24, 2.45) is 0 Å². The quantitative estimate of drug-likeness (QED) is 0.654. The van der Waals surface area contributed by atoms with Crippen LogP contribution in [0, 0.1) is 0 Å². The zero-order valence-electron chi connectivity index (χ0n) is 14.5. The minimum absolute atomic E-state index is 0.227. The number of carbonyl (C=O) groups excluding carboxylic acids is 1. The molecule has 8 heteroatoms. The SMILES string of the molecule is CCC(C(=O)[O-])n1cnc2scc(-c3ccc(OC)c(OC)c3)c2c1=O. The van der Waals surface area contributed by atoms with Crippen LogP contribution < -0.4 is 20.1 Å². The fourth-order valence-electron chi connectivity index (χ4n) is 2.86. The Morgan fingerprint density at radius 2 is 2.04 bits per heavy atom. The molecule has 1 atom stereocenters. The average Bonchev–Trinajstić information content (AvgIpc) is 3.08. The van der Waals surface area contributed by atoms with Gasteiger partial charge in [0.15, 0.2) is 11.5 Å². The number of aliphatic carboxylic acids is 1. The molecule has 0 saturated heterocycles. The number of aromatic nitrogens is 2. The molecule has 0 spiro atoms. The lowest BCUT2D eigenvalue weighted by Gasteiger charge is -2.18. The fraction of sp³-hybridized carbons (Fsp3) is 0.278. The summed E-state index contributed by atoms with van der Waals surface area (Å²) >= 11 is 1.32. The third kappa shape index (κ3) is 2.92. The van der Waals surface area contributed by atoms with Crippen LogP contribution in [0.1, 0.15) is 19.4 Å². The number of rotatable bonds is 6. The van der Waals surface area contributed by atoms with Gasteiger partial charge in [0.2, 0.25) is 0 Å². The Bertz CT molecular complexity index is 1020. The maximum Gasteiger partial charge on any atom is 0.263 e. The molecule has 26 heavy (non-hydrogen) atoms. The van der Waals surface area contributed by atoms with Gasteiger partial charge in [0.05, 0.1) is 37.9 Å². The Morgan fingerprint density at radius 1 is 1.31 bits per heavy atom. The summed E-state index contributed by atoms with van der Waals surface area (Å²) in [5, 5.41) is 13.5. The standard InChI is InChI=1S/C18H18N2O5S/c1-4-12(18(22)23)20-9-19-16-15(17(20)21)11(8-26-16)10-5-6-13(24-2)14(7-10)25-3/h5-9,12H,4H2,1-3H3,(H,22,23)/p-1. The number of thiophene rings is 1. The maximum atomic E-state index is 12.9. The van der Waals surface area contributed by atoms with Gasteiger partial charge < -0.3 is 19.4 Å². The van der Waals surface area contributed by atoms with Crippen molar-refractivity contribution in [1.29, 1.82) is 0 Å². The molecule has 136 valence electrons.